The highest BCUT2D eigenvalue weighted by atomic mass is 32.1. The molecule has 1 N–H and O–H groups in total. The highest BCUT2D eigenvalue weighted by Gasteiger charge is 2.78. The van der Waals surface area contributed by atoms with Gasteiger partial charge >= 0.3 is 11.9 Å². The second kappa shape index (κ2) is 8.02. The van der Waals surface area contributed by atoms with Crippen LogP contribution in [-0.2, 0) is 19.1 Å². The van der Waals surface area contributed by atoms with E-state index >= 15 is 8.78 Å². The zero-order chi connectivity index (χ0) is 26.3. The van der Waals surface area contributed by atoms with Crippen molar-refractivity contribution in [1.82, 2.24) is 4.98 Å². The van der Waals surface area contributed by atoms with Crippen molar-refractivity contribution in [3.8, 4) is 0 Å². The molecule has 0 bridgehead atoms. The minimum Gasteiger partial charge on any atom is -0.466 e. The first-order valence-electron chi connectivity index (χ1n) is 12.0. The monoisotopic (exact) mass is 521 g/mol. The quantitative estimate of drug-likeness (QED) is 0.604. The minimum absolute atomic E-state index is 0.0262. The van der Waals surface area contributed by atoms with Crippen LogP contribution in [-0.4, -0.2) is 58.5 Å². The number of rotatable bonds is 3. The number of halogens is 2. The minimum atomic E-state index is -2.30. The van der Waals surface area contributed by atoms with Gasteiger partial charge in [-0.1, -0.05) is 19.9 Å². The lowest BCUT2D eigenvalue weighted by atomic mass is 9.44. The largest absolute Gasteiger partial charge is 0.466 e. The summed E-state index contributed by atoms with van der Waals surface area (Å²) in [5.41, 5.74) is -5.41. The number of alkyl halides is 2. The van der Waals surface area contributed by atoms with Crippen LogP contribution in [0, 0.1) is 28.6 Å². The average Bonchev–Trinajstić information content (AvgIpc) is 3.44. The number of aliphatic hydroxyl groups is 1. The molecule has 36 heavy (non-hydrogen) atoms. The van der Waals surface area contributed by atoms with Gasteiger partial charge in [0.05, 0.1) is 24.9 Å². The number of aliphatic hydroxyl groups excluding tert-OH is 1. The van der Waals surface area contributed by atoms with Gasteiger partial charge in [-0.25, -0.2) is 18.4 Å². The molecule has 3 fully saturated rings. The van der Waals surface area contributed by atoms with Gasteiger partial charge in [-0.2, -0.15) is 0 Å². The molecular formula is C26H29F2NO6S. The van der Waals surface area contributed by atoms with Crippen LogP contribution in [0.15, 0.2) is 35.5 Å². The highest BCUT2D eigenvalue weighted by Crippen LogP contribution is 2.71. The second-order valence-corrected chi connectivity index (χ2v) is 11.9. The number of carbonyl (C=O) groups is 3. The van der Waals surface area contributed by atoms with Crippen LogP contribution in [0.4, 0.5) is 8.78 Å². The number of hydrogen-bond acceptors (Lipinski definition) is 8. The summed E-state index contributed by atoms with van der Waals surface area (Å²) in [5, 5.41) is 11.5. The smallest absolute Gasteiger partial charge is 0.351 e. The average molecular weight is 522 g/mol. The Labute approximate surface area is 211 Å². The van der Waals surface area contributed by atoms with E-state index in [1.165, 1.54) is 37.9 Å². The number of esters is 2. The van der Waals surface area contributed by atoms with Crippen molar-refractivity contribution in [2.24, 2.45) is 28.6 Å². The fraction of sp³-hybridized carbons (Fsp3) is 0.615. The van der Waals surface area contributed by atoms with E-state index in [0.29, 0.717) is 0 Å². The van der Waals surface area contributed by atoms with Gasteiger partial charge in [0, 0.05) is 22.7 Å². The third-order valence-corrected chi connectivity index (χ3v) is 10.3. The number of ketones is 1. The first kappa shape index (κ1) is 25.2. The van der Waals surface area contributed by atoms with Gasteiger partial charge in [-0.15, -0.1) is 11.3 Å². The molecule has 0 spiro atoms. The van der Waals surface area contributed by atoms with Crippen molar-refractivity contribution in [1.29, 1.82) is 0 Å². The molecule has 0 aromatic carbocycles. The van der Waals surface area contributed by atoms with Crippen LogP contribution in [0.2, 0.25) is 0 Å². The number of ether oxygens (including phenoxy) is 2. The number of thiazole rings is 1. The number of methoxy groups -OCH3 is 1. The summed E-state index contributed by atoms with van der Waals surface area (Å²) >= 11 is 1.05. The molecule has 4 aliphatic rings. The molecular weight excluding hydrogens is 492 g/mol. The Kier molecular flexibility index (Phi) is 5.61. The molecule has 10 heteroatoms. The molecule has 3 saturated carbocycles. The standard InChI is InChI=1S/C26H29F2NO6S/c1-13-7-15-16-9-18(27)17-8-14(30)5-6-23(17,2)25(16,28)20(31)10-24(15,3)26(13,22(33)34-4)35-21(32)19-11-29-12-36-19/h5-6,8,11-13,15-16,18,20,31H,7,9-10H2,1-4H3/t13-,15?,16?,18+,20+,23+,24+,25+,26+/m1/s1. The Morgan fingerprint density at radius 2 is 1.97 bits per heavy atom. The van der Waals surface area contributed by atoms with E-state index in [-0.39, 0.29) is 29.7 Å². The van der Waals surface area contributed by atoms with Crippen LogP contribution >= 0.6 is 11.3 Å². The number of carbonyl (C=O) groups excluding carboxylic acids is 3. The van der Waals surface area contributed by atoms with Gasteiger partial charge < -0.3 is 14.6 Å². The molecule has 0 radical (unpaired) electrons. The molecule has 0 saturated heterocycles. The van der Waals surface area contributed by atoms with Gasteiger partial charge in [-0.05, 0) is 49.8 Å². The van der Waals surface area contributed by atoms with Gasteiger partial charge in [0.1, 0.15) is 11.0 Å². The summed E-state index contributed by atoms with van der Waals surface area (Å²) in [4.78, 5) is 42.6. The SMILES string of the molecule is COC(=O)[C@@]1(OC(=O)c2cncs2)[C@H](C)CC2C3C[C@H](F)C4=CC(=O)C=C[C@]4(C)[C@@]3(F)[C@@H](O)C[C@@]21C. The lowest BCUT2D eigenvalue weighted by Crippen LogP contribution is -2.71. The number of hydrogen-bond donors (Lipinski definition) is 1. The van der Waals surface area contributed by atoms with Gasteiger partial charge in [-0.3, -0.25) is 9.78 Å². The number of allylic oxidation sites excluding steroid dienone is 4. The van der Waals surface area contributed by atoms with Crippen LogP contribution < -0.4 is 0 Å². The Balaban J connectivity index is 1.64. The first-order chi connectivity index (χ1) is 16.9. The Morgan fingerprint density at radius 1 is 1.25 bits per heavy atom. The molecule has 7 nitrogen and oxygen atoms in total. The summed E-state index contributed by atoms with van der Waals surface area (Å²) in [6.07, 6.45) is 1.60. The summed E-state index contributed by atoms with van der Waals surface area (Å²) in [5.74, 6) is -4.19. The van der Waals surface area contributed by atoms with Crippen molar-refractivity contribution < 1.29 is 37.7 Å². The van der Waals surface area contributed by atoms with E-state index in [0.717, 1.165) is 17.4 Å². The predicted octanol–water partition coefficient (Wildman–Crippen LogP) is 3.78. The van der Waals surface area contributed by atoms with Crippen LogP contribution in [0.3, 0.4) is 0 Å². The van der Waals surface area contributed by atoms with Gasteiger partial charge in [0.25, 0.3) is 0 Å². The lowest BCUT2D eigenvalue weighted by molar-refractivity contribution is -0.230. The number of fused-ring (bicyclic) bond motifs is 5. The Hall–Kier alpha value is -2.46. The number of nitrogens with zero attached hydrogens (tertiary/aromatic N) is 1. The maximum atomic E-state index is 17.3. The summed E-state index contributed by atoms with van der Waals surface area (Å²) in [7, 11) is 1.19. The van der Waals surface area contributed by atoms with Crippen molar-refractivity contribution >= 4 is 29.1 Å². The van der Waals surface area contributed by atoms with Crippen LogP contribution in [0.1, 0.15) is 49.7 Å². The number of aromatic nitrogens is 1. The van der Waals surface area contributed by atoms with E-state index in [4.69, 9.17) is 9.47 Å². The van der Waals surface area contributed by atoms with Crippen molar-refractivity contribution in [2.45, 2.75) is 63.6 Å². The van der Waals surface area contributed by atoms with Gasteiger partial charge in [0.15, 0.2) is 11.5 Å². The molecule has 0 aliphatic heterocycles. The predicted molar refractivity (Wildman–Crippen MR) is 125 cm³/mol. The molecule has 1 heterocycles. The summed E-state index contributed by atoms with van der Waals surface area (Å²) < 4.78 is 44.1. The fourth-order valence-electron chi connectivity index (χ4n) is 7.88. The Morgan fingerprint density at radius 3 is 2.61 bits per heavy atom. The van der Waals surface area contributed by atoms with Crippen LogP contribution in [0.5, 0.6) is 0 Å². The topological polar surface area (TPSA) is 103 Å². The molecule has 5 rings (SSSR count). The maximum absolute atomic E-state index is 17.3. The van der Waals surface area contributed by atoms with E-state index in [1.807, 2.05) is 0 Å². The molecule has 9 atom stereocenters. The lowest BCUT2D eigenvalue weighted by Gasteiger charge is -2.63. The zero-order valence-corrected chi connectivity index (χ0v) is 21.3. The van der Waals surface area contributed by atoms with Crippen molar-refractivity contribution in [3.05, 3.63) is 40.4 Å². The first-order valence-corrected chi connectivity index (χ1v) is 12.9. The third-order valence-electron chi connectivity index (χ3n) is 9.54. The summed E-state index contributed by atoms with van der Waals surface area (Å²) in [6.45, 7) is 4.94. The highest BCUT2D eigenvalue weighted by molar-refractivity contribution is 7.11. The third kappa shape index (κ3) is 2.91. The molecule has 194 valence electrons. The van der Waals surface area contributed by atoms with E-state index in [1.54, 1.807) is 13.8 Å². The molecule has 1 aromatic heterocycles. The van der Waals surface area contributed by atoms with E-state index in [9.17, 15) is 19.5 Å². The van der Waals surface area contributed by atoms with E-state index in [2.05, 4.69) is 4.98 Å². The summed E-state index contributed by atoms with van der Waals surface area (Å²) in [6, 6.07) is 0. The molecule has 0 amide bonds. The zero-order valence-electron chi connectivity index (χ0n) is 20.5. The van der Waals surface area contributed by atoms with Crippen LogP contribution in [0.25, 0.3) is 0 Å². The normalized spacial score (nSPS) is 45.2. The van der Waals surface area contributed by atoms with Crippen molar-refractivity contribution in [2.75, 3.05) is 7.11 Å². The fourth-order valence-corrected chi connectivity index (χ4v) is 8.38. The Bertz CT molecular complexity index is 1190. The van der Waals surface area contributed by atoms with E-state index < -0.39 is 69.9 Å². The molecule has 4 aliphatic carbocycles. The van der Waals surface area contributed by atoms with Gasteiger partial charge in [0.2, 0.25) is 5.60 Å². The second-order valence-electron chi connectivity index (χ2n) is 11.0. The van der Waals surface area contributed by atoms with Crippen molar-refractivity contribution in [3.63, 3.8) is 0 Å². The molecule has 2 unspecified atom stereocenters. The maximum Gasteiger partial charge on any atom is 0.351 e. The molecule has 1 aromatic rings.